The molecular weight excluding hydrogens is 635 g/mol. The Kier molecular flexibility index (Phi) is 6.80. The smallest absolute Gasteiger partial charge is 0.167 e. The maximum Gasteiger partial charge on any atom is 0.167 e. The maximum atomic E-state index is 6.53. The van der Waals surface area contributed by atoms with Crippen molar-refractivity contribution in [2.24, 2.45) is 0 Å². The van der Waals surface area contributed by atoms with Gasteiger partial charge in [-0.05, 0) is 62.7 Å². The van der Waals surface area contributed by atoms with Gasteiger partial charge in [0.05, 0.1) is 5.56 Å². The van der Waals surface area contributed by atoms with Crippen LogP contribution in [0.4, 0.5) is 0 Å². The number of hydrogen-bond acceptors (Lipinski definition) is 4. The Balaban J connectivity index is 1.29. The number of aromatic nitrogens is 3. The summed E-state index contributed by atoms with van der Waals surface area (Å²) >= 11 is 0. The van der Waals surface area contributed by atoms with Crippen molar-refractivity contribution in [2.45, 2.75) is 19.3 Å². The molecular formula is C48H33N3O. The molecule has 0 aliphatic heterocycles. The fraction of sp³-hybridized carbons (Fsp3) is 0.0625. The second kappa shape index (κ2) is 11.7. The number of para-hydroxylation sites is 2. The van der Waals surface area contributed by atoms with Gasteiger partial charge in [0.2, 0.25) is 0 Å². The van der Waals surface area contributed by atoms with E-state index in [4.69, 9.17) is 19.4 Å². The van der Waals surface area contributed by atoms with Gasteiger partial charge in [-0.3, -0.25) is 0 Å². The number of fused-ring (bicyclic) bond motifs is 6. The quantitative estimate of drug-likeness (QED) is 0.183. The average molecular weight is 668 g/mol. The molecule has 0 saturated carbocycles. The van der Waals surface area contributed by atoms with Crippen molar-refractivity contribution >= 4 is 21.9 Å². The summed E-state index contributed by atoms with van der Waals surface area (Å²) < 4.78 is 6.53. The number of nitrogens with zero attached hydrogens (tertiary/aromatic N) is 3. The lowest BCUT2D eigenvalue weighted by atomic mass is 9.78. The Morgan fingerprint density at radius 1 is 0.404 bits per heavy atom. The Morgan fingerprint density at radius 3 is 1.67 bits per heavy atom. The molecule has 0 radical (unpaired) electrons. The van der Waals surface area contributed by atoms with Crippen molar-refractivity contribution in [1.29, 1.82) is 0 Å². The van der Waals surface area contributed by atoms with E-state index in [0.29, 0.717) is 17.5 Å². The lowest BCUT2D eigenvalue weighted by Gasteiger charge is -2.25. The number of benzene rings is 7. The third-order valence-electron chi connectivity index (χ3n) is 10.6. The Hall–Kier alpha value is -6.65. The summed E-state index contributed by atoms with van der Waals surface area (Å²) in [4.78, 5) is 16.0. The highest BCUT2D eigenvalue weighted by Crippen LogP contribution is 2.55. The third kappa shape index (κ3) is 4.65. The van der Waals surface area contributed by atoms with Crippen LogP contribution in [0.3, 0.4) is 0 Å². The maximum absolute atomic E-state index is 6.53. The molecule has 0 N–H and O–H groups in total. The van der Waals surface area contributed by atoms with Crippen LogP contribution >= 0.6 is 0 Å². The van der Waals surface area contributed by atoms with Crippen LogP contribution in [0.25, 0.3) is 89.5 Å². The van der Waals surface area contributed by atoms with E-state index < -0.39 is 0 Å². The third-order valence-corrected chi connectivity index (χ3v) is 10.6. The van der Waals surface area contributed by atoms with E-state index in [1.165, 1.54) is 33.4 Å². The fourth-order valence-corrected chi connectivity index (χ4v) is 8.17. The molecule has 0 spiro atoms. The van der Waals surface area contributed by atoms with Crippen molar-refractivity contribution in [3.63, 3.8) is 0 Å². The largest absolute Gasteiger partial charge is 0.455 e. The van der Waals surface area contributed by atoms with Crippen molar-refractivity contribution in [3.05, 3.63) is 175 Å². The molecule has 0 fully saturated rings. The molecule has 1 aliphatic carbocycles. The first-order chi connectivity index (χ1) is 25.6. The first kappa shape index (κ1) is 30.2. The second-order valence-corrected chi connectivity index (χ2v) is 13.9. The minimum atomic E-state index is -0.244. The molecule has 246 valence electrons. The van der Waals surface area contributed by atoms with Gasteiger partial charge in [0, 0.05) is 27.3 Å². The van der Waals surface area contributed by atoms with E-state index in [0.717, 1.165) is 49.8 Å². The zero-order valence-corrected chi connectivity index (χ0v) is 28.8. The molecule has 0 saturated heterocycles. The monoisotopic (exact) mass is 667 g/mol. The lowest BCUT2D eigenvalue weighted by molar-refractivity contribution is 0.662. The van der Waals surface area contributed by atoms with Gasteiger partial charge < -0.3 is 4.42 Å². The first-order valence-corrected chi connectivity index (χ1v) is 17.7. The van der Waals surface area contributed by atoms with Gasteiger partial charge in [-0.2, -0.15) is 0 Å². The molecule has 9 aromatic rings. The Labute approximate surface area is 302 Å². The normalized spacial score (nSPS) is 13.0. The highest BCUT2D eigenvalue weighted by Gasteiger charge is 2.39. The van der Waals surface area contributed by atoms with Gasteiger partial charge in [0.15, 0.2) is 17.5 Å². The summed E-state index contributed by atoms with van der Waals surface area (Å²) in [6.07, 6.45) is 0. The molecule has 2 heterocycles. The average Bonchev–Trinajstić information content (AvgIpc) is 3.71. The topological polar surface area (TPSA) is 51.8 Å². The molecule has 0 amide bonds. The summed E-state index contributed by atoms with van der Waals surface area (Å²) in [5.74, 6) is 1.80. The molecule has 10 rings (SSSR count). The van der Waals surface area contributed by atoms with Gasteiger partial charge in [-0.25, -0.2) is 15.0 Å². The summed E-state index contributed by atoms with van der Waals surface area (Å²) in [5, 5.41) is 2.10. The highest BCUT2D eigenvalue weighted by molar-refractivity contribution is 6.09. The molecule has 52 heavy (non-hydrogen) atoms. The minimum Gasteiger partial charge on any atom is -0.455 e. The molecule has 1 aliphatic rings. The van der Waals surface area contributed by atoms with Crippen molar-refractivity contribution < 1.29 is 4.42 Å². The number of furan rings is 1. The predicted octanol–water partition coefficient (Wildman–Crippen LogP) is 12.4. The van der Waals surface area contributed by atoms with E-state index in [9.17, 15) is 0 Å². The van der Waals surface area contributed by atoms with Gasteiger partial charge in [-0.15, -0.1) is 0 Å². The standard InChI is InChI=1S/C48H33N3O/c1-48(2)40-26-13-11-23-37(40)42-38(29-28-33(43(42)48)31-18-7-4-8-19-31)46-49-45(36-22-10-9-20-32(36)30-16-5-3-6-17-30)50-47(51-46)39-25-15-24-35-34-21-12-14-27-41(34)52-44(35)39/h3-29H,1-2H3. The fourth-order valence-electron chi connectivity index (χ4n) is 8.17. The van der Waals surface area contributed by atoms with Crippen LogP contribution in [0.1, 0.15) is 25.0 Å². The van der Waals surface area contributed by atoms with E-state index in [1.807, 2.05) is 24.3 Å². The number of hydrogen-bond donors (Lipinski definition) is 0. The van der Waals surface area contributed by atoms with Gasteiger partial charge in [-0.1, -0.05) is 159 Å². The second-order valence-electron chi connectivity index (χ2n) is 13.9. The van der Waals surface area contributed by atoms with E-state index in [2.05, 4.69) is 153 Å². The Morgan fingerprint density at radius 2 is 0.923 bits per heavy atom. The summed E-state index contributed by atoms with van der Waals surface area (Å²) in [6, 6.07) is 57.1. The van der Waals surface area contributed by atoms with Gasteiger partial charge in [0.1, 0.15) is 11.2 Å². The summed E-state index contributed by atoms with van der Waals surface area (Å²) in [6.45, 7) is 4.66. The Bertz CT molecular complexity index is 2820. The van der Waals surface area contributed by atoms with E-state index in [-0.39, 0.29) is 5.41 Å². The SMILES string of the molecule is CC1(C)c2ccccc2-c2c(-c3nc(-c4ccccc4-c4ccccc4)nc(-c4cccc5c4oc4ccccc45)n3)ccc(-c3ccccc3)c21. The summed E-state index contributed by atoms with van der Waals surface area (Å²) in [5.41, 5.74) is 13.6. The molecule has 0 unspecified atom stereocenters. The minimum absolute atomic E-state index is 0.244. The first-order valence-electron chi connectivity index (χ1n) is 17.7. The van der Waals surface area contributed by atoms with E-state index >= 15 is 0 Å². The zero-order chi connectivity index (χ0) is 34.8. The van der Waals surface area contributed by atoms with Crippen molar-refractivity contribution in [2.75, 3.05) is 0 Å². The van der Waals surface area contributed by atoms with Crippen molar-refractivity contribution in [1.82, 2.24) is 15.0 Å². The van der Waals surface area contributed by atoms with E-state index in [1.54, 1.807) is 0 Å². The lowest BCUT2D eigenvalue weighted by Crippen LogP contribution is -2.16. The molecule has 4 nitrogen and oxygen atoms in total. The van der Waals surface area contributed by atoms with Crippen LogP contribution in [0.15, 0.2) is 168 Å². The molecule has 0 bridgehead atoms. The highest BCUT2D eigenvalue weighted by atomic mass is 16.3. The molecule has 7 aromatic carbocycles. The molecule has 0 atom stereocenters. The van der Waals surface area contributed by atoms with Crippen LogP contribution in [-0.2, 0) is 5.41 Å². The van der Waals surface area contributed by atoms with Gasteiger partial charge in [0.25, 0.3) is 0 Å². The number of rotatable bonds is 5. The predicted molar refractivity (Wildman–Crippen MR) is 212 cm³/mol. The van der Waals surface area contributed by atoms with Crippen LogP contribution in [0, 0.1) is 0 Å². The van der Waals surface area contributed by atoms with Crippen molar-refractivity contribution in [3.8, 4) is 67.5 Å². The molecule has 2 aromatic heterocycles. The van der Waals surface area contributed by atoms with Gasteiger partial charge >= 0.3 is 0 Å². The van der Waals surface area contributed by atoms with Crippen LogP contribution in [0.5, 0.6) is 0 Å². The van der Waals surface area contributed by atoms with Crippen LogP contribution in [-0.4, -0.2) is 15.0 Å². The van der Waals surface area contributed by atoms with Crippen LogP contribution < -0.4 is 0 Å². The van der Waals surface area contributed by atoms with Crippen LogP contribution in [0.2, 0.25) is 0 Å². The molecule has 4 heteroatoms. The summed E-state index contributed by atoms with van der Waals surface area (Å²) in [7, 11) is 0. The zero-order valence-electron chi connectivity index (χ0n) is 28.8.